The molecule has 0 aliphatic heterocycles. The van der Waals surface area contributed by atoms with Crippen LogP contribution in [-0.4, -0.2) is 12.0 Å². The zero-order valence-electron chi connectivity index (χ0n) is 10.5. The largest absolute Gasteiger partial charge is 0.392 e. The van der Waals surface area contributed by atoms with Crippen molar-refractivity contribution in [2.24, 2.45) is 11.8 Å². The van der Waals surface area contributed by atoms with Gasteiger partial charge in [-0.1, -0.05) is 12.8 Å². The Balaban J connectivity index is 2.32. The molecule has 2 atom stereocenters. The van der Waals surface area contributed by atoms with Gasteiger partial charge in [-0.2, -0.15) is 13.2 Å². The summed E-state index contributed by atoms with van der Waals surface area (Å²) in [7, 11) is 0. The fraction of sp³-hybridized carbons (Fsp3) is 0.500. The topological polar surface area (TPSA) is 17.1 Å². The monoisotopic (exact) mass is 292 g/mol. The van der Waals surface area contributed by atoms with E-state index in [0.717, 1.165) is 12.1 Å². The molecular weight excluding hydrogens is 279 g/mol. The van der Waals surface area contributed by atoms with E-state index in [-0.39, 0.29) is 12.8 Å². The molecule has 1 aromatic carbocycles. The highest BCUT2D eigenvalue weighted by Gasteiger charge is 2.48. The lowest BCUT2D eigenvalue weighted by molar-refractivity contribution is -0.190. The first-order valence-electron chi connectivity index (χ1n) is 6.36. The lowest BCUT2D eigenvalue weighted by Crippen LogP contribution is -2.37. The van der Waals surface area contributed by atoms with Gasteiger partial charge in [0.25, 0.3) is 0 Å². The molecule has 110 valence electrons. The average Bonchev–Trinajstić information content (AvgIpc) is 2.40. The van der Waals surface area contributed by atoms with Crippen LogP contribution in [0, 0.1) is 23.5 Å². The SMILES string of the molecule is O=C(c1cc(F)ccc1F)C1CCCCC1C(F)(F)F. The molecule has 0 bridgehead atoms. The number of carbonyl (C=O) groups is 1. The molecule has 0 saturated heterocycles. The van der Waals surface area contributed by atoms with Gasteiger partial charge in [-0.15, -0.1) is 0 Å². The van der Waals surface area contributed by atoms with E-state index in [1.807, 2.05) is 0 Å². The van der Waals surface area contributed by atoms with Gasteiger partial charge < -0.3 is 0 Å². The van der Waals surface area contributed by atoms with Crippen molar-refractivity contribution in [2.75, 3.05) is 0 Å². The van der Waals surface area contributed by atoms with Gasteiger partial charge >= 0.3 is 6.18 Å². The standard InChI is InChI=1S/C14H13F5O/c15-8-5-6-12(16)10(7-8)13(20)9-3-1-2-4-11(9)14(17,18)19/h5-7,9,11H,1-4H2. The minimum Gasteiger partial charge on any atom is -0.294 e. The summed E-state index contributed by atoms with van der Waals surface area (Å²) >= 11 is 0. The van der Waals surface area contributed by atoms with Crippen LogP contribution in [0.2, 0.25) is 0 Å². The molecule has 2 rings (SSSR count). The molecule has 0 amide bonds. The van der Waals surface area contributed by atoms with Crippen molar-refractivity contribution in [1.29, 1.82) is 0 Å². The molecule has 0 heterocycles. The molecule has 1 aromatic rings. The average molecular weight is 292 g/mol. The molecule has 0 radical (unpaired) electrons. The number of benzene rings is 1. The highest BCUT2D eigenvalue weighted by atomic mass is 19.4. The Morgan fingerprint density at radius 3 is 2.40 bits per heavy atom. The number of halogens is 5. The van der Waals surface area contributed by atoms with Crippen LogP contribution in [0.4, 0.5) is 22.0 Å². The van der Waals surface area contributed by atoms with Gasteiger partial charge in [0.2, 0.25) is 0 Å². The summed E-state index contributed by atoms with van der Waals surface area (Å²) in [5.74, 6) is -5.87. The van der Waals surface area contributed by atoms with E-state index in [2.05, 4.69) is 0 Å². The third kappa shape index (κ3) is 2.99. The lowest BCUT2D eigenvalue weighted by Gasteiger charge is -2.32. The smallest absolute Gasteiger partial charge is 0.294 e. The second kappa shape index (κ2) is 5.50. The van der Waals surface area contributed by atoms with Crippen LogP contribution < -0.4 is 0 Å². The van der Waals surface area contributed by atoms with E-state index in [9.17, 15) is 26.7 Å². The Bertz CT molecular complexity index is 509. The van der Waals surface area contributed by atoms with Gasteiger partial charge in [0.15, 0.2) is 5.78 Å². The van der Waals surface area contributed by atoms with Crippen LogP contribution in [0.15, 0.2) is 18.2 Å². The maximum atomic E-state index is 13.5. The first-order valence-corrected chi connectivity index (χ1v) is 6.36. The summed E-state index contributed by atoms with van der Waals surface area (Å²) < 4.78 is 65.4. The van der Waals surface area contributed by atoms with Crippen molar-refractivity contribution in [3.8, 4) is 0 Å². The van der Waals surface area contributed by atoms with Crippen LogP contribution in [-0.2, 0) is 0 Å². The molecule has 1 aliphatic rings. The van der Waals surface area contributed by atoms with Crippen molar-refractivity contribution in [1.82, 2.24) is 0 Å². The van der Waals surface area contributed by atoms with Crippen LogP contribution in [0.5, 0.6) is 0 Å². The van der Waals surface area contributed by atoms with E-state index >= 15 is 0 Å². The van der Waals surface area contributed by atoms with Crippen molar-refractivity contribution in [3.63, 3.8) is 0 Å². The molecule has 1 fully saturated rings. The summed E-state index contributed by atoms with van der Waals surface area (Å²) in [6.45, 7) is 0. The number of carbonyl (C=O) groups excluding carboxylic acids is 1. The number of ketones is 1. The Morgan fingerprint density at radius 1 is 1.10 bits per heavy atom. The molecule has 0 spiro atoms. The Labute approximate surface area is 112 Å². The Kier molecular flexibility index (Phi) is 4.11. The molecule has 20 heavy (non-hydrogen) atoms. The minimum absolute atomic E-state index is 0.0545. The quantitative estimate of drug-likeness (QED) is 0.578. The lowest BCUT2D eigenvalue weighted by atomic mass is 9.75. The summed E-state index contributed by atoms with van der Waals surface area (Å²) in [5, 5.41) is 0. The van der Waals surface area contributed by atoms with Crippen molar-refractivity contribution >= 4 is 5.78 Å². The fourth-order valence-corrected chi connectivity index (χ4v) is 2.72. The van der Waals surface area contributed by atoms with Gasteiger partial charge in [-0.3, -0.25) is 4.79 Å². The van der Waals surface area contributed by atoms with Crippen LogP contribution >= 0.6 is 0 Å². The molecule has 2 unspecified atom stereocenters. The van der Waals surface area contributed by atoms with Gasteiger partial charge in [0.1, 0.15) is 11.6 Å². The normalized spacial score (nSPS) is 23.6. The van der Waals surface area contributed by atoms with Crippen molar-refractivity contribution in [3.05, 3.63) is 35.4 Å². The minimum atomic E-state index is -4.50. The van der Waals surface area contributed by atoms with Crippen LogP contribution in [0.3, 0.4) is 0 Å². The van der Waals surface area contributed by atoms with Gasteiger partial charge in [-0.25, -0.2) is 8.78 Å². The summed E-state index contributed by atoms with van der Waals surface area (Å²) in [6, 6.07) is 2.25. The van der Waals surface area contributed by atoms with E-state index in [1.54, 1.807) is 0 Å². The molecule has 6 heteroatoms. The van der Waals surface area contributed by atoms with Crippen LogP contribution in [0.1, 0.15) is 36.0 Å². The summed E-state index contributed by atoms with van der Waals surface area (Å²) in [6.07, 6.45) is -3.71. The summed E-state index contributed by atoms with van der Waals surface area (Å²) in [5.41, 5.74) is -0.592. The maximum absolute atomic E-state index is 13.5. The zero-order valence-corrected chi connectivity index (χ0v) is 10.5. The van der Waals surface area contributed by atoms with Gasteiger partial charge in [0.05, 0.1) is 11.5 Å². The third-order valence-electron chi connectivity index (χ3n) is 3.72. The molecule has 1 nitrogen and oxygen atoms in total. The van der Waals surface area contributed by atoms with E-state index in [4.69, 9.17) is 0 Å². The number of hydrogen-bond acceptors (Lipinski definition) is 1. The maximum Gasteiger partial charge on any atom is 0.392 e. The number of rotatable bonds is 2. The molecule has 0 aromatic heterocycles. The first kappa shape index (κ1) is 14.9. The third-order valence-corrected chi connectivity index (χ3v) is 3.72. The summed E-state index contributed by atoms with van der Waals surface area (Å²) in [4.78, 5) is 12.1. The van der Waals surface area contributed by atoms with Crippen molar-refractivity contribution < 1.29 is 26.7 Å². The van der Waals surface area contributed by atoms with E-state index in [1.165, 1.54) is 0 Å². The molecule has 1 saturated carbocycles. The van der Waals surface area contributed by atoms with Gasteiger partial charge in [-0.05, 0) is 31.0 Å². The highest BCUT2D eigenvalue weighted by molar-refractivity contribution is 5.98. The Hall–Kier alpha value is -1.46. The zero-order chi connectivity index (χ0) is 14.9. The van der Waals surface area contributed by atoms with Gasteiger partial charge in [0, 0.05) is 5.92 Å². The highest BCUT2D eigenvalue weighted by Crippen LogP contribution is 2.42. The van der Waals surface area contributed by atoms with Crippen molar-refractivity contribution in [2.45, 2.75) is 31.9 Å². The Morgan fingerprint density at radius 2 is 1.75 bits per heavy atom. The van der Waals surface area contributed by atoms with E-state index in [0.29, 0.717) is 18.9 Å². The second-order valence-electron chi connectivity index (χ2n) is 5.03. The first-order chi connectivity index (χ1) is 9.30. The fourth-order valence-electron chi connectivity index (χ4n) is 2.72. The number of hydrogen-bond donors (Lipinski definition) is 0. The number of Topliss-reactive ketones (excluding diaryl/α,β-unsaturated/α-hetero) is 1. The second-order valence-corrected chi connectivity index (χ2v) is 5.03. The van der Waals surface area contributed by atoms with E-state index < -0.39 is 41.0 Å². The molecule has 0 N–H and O–H groups in total. The predicted octanol–water partition coefficient (Wildman–Crippen LogP) is 4.52. The van der Waals surface area contributed by atoms with Crippen LogP contribution in [0.25, 0.3) is 0 Å². The predicted molar refractivity (Wildman–Crippen MR) is 62.2 cm³/mol. The molecular formula is C14H13F5O. The number of alkyl halides is 3. The molecule has 1 aliphatic carbocycles.